The van der Waals surface area contributed by atoms with Crippen LogP contribution < -0.4 is 32.2 Å². The smallest absolute Gasteiger partial charge is 0.418 e. The van der Waals surface area contributed by atoms with Gasteiger partial charge in [0.15, 0.2) is 22.9 Å². The molecule has 2 aromatic rings. The number of hydrogen-bond acceptors (Lipinski definition) is 16. The van der Waals surface area contributed by atoms with E-state index in [1.807, 2.05) is 18.3 Å². The quantitative estimate of drug-likeness (QED) is 0.0460. The van der Waals surface area contributed by atoms with E-state index in [9.17, 15) is 27.9 Å². The lowest BCUT2D eigenvalue weighted by molar-refractivity contribution is -0.218. The molecule has 9 N–H and O–H groups in total. The number of benzene rings is 1. The number of nitrogen functional groups attached to an aromatic ring is 1. The van der Waals surface area contributed by atoms with Gasteiger partial charge in [-0.25, -0.2) is 14.8 Å². The molecule has 0 spiro atoms. The number of carbonyl (C=O) groups is 3. The third-order valence-corrected chi connectivity index (χ3v) is 9.32. The molecule has 1 aromatic carbocycles. The van der Waals surface area contributed by atoms with Crippen molar-refractivity contribution in [1.82, 2.24) is 26.0 Å². The van der Waals surface area contributed by atoms with Crippen molar-refractivity contribution in [2.75, 3.05) is 25.4 Å². The molecule has 19 nitrogen and oxygen atoms in total. The van der Waals surface area contributed by atoms with Gasteiger partial charge in [0.25, 0.3) is 17.4 Å². The number of aryl methyl sites for hydroxylation is 1. The van der Waals surface area contributed by atoms with E-state index >= 15 is 0 Å². The second-order valence-electron chi connectivity index (χ2n) is 12.2. The molecule has 0 bridgehead atoms. The Morgan fingerprint density at radius 1 is 1.34 bits per heavy atom. The number of guanidine groups is 1. The first kappa shape index (κ1) is 36.5. The highest BCUT2D eigenvalue weighted by Crippen LogP contribution is 2.36. The van der Waals surface area contributed by atoms with Crippen molar-refractivity contribution in [2.24, 2.45) is 15.9 Å². The number of nitrogens with two attached hydrogens (primary N) is 2. The highest BCUT2D eigenvalue weighted by molar-refractivity contribution is 7.80. The van der Waals surface area contributed by atoms with Crippen LogP contribution in [-0.2, 0) is 40.3 Å². The Labute approximate surface area is 290 Å². The molecule has 270 valence electrons. The van der Waals surface area contributed by atoms with Gasteiger partial charge in [-0.3, -0.25) is 14.1 Å². The fourth-order valence-electron chi connectivity index (χ4n) is 5.37. The number of aromatic nitrogens is 1. The number of amides is 2. The van der Waals surface area contributed by atoms with E-state index < -0.39 is 57.2 Å². The Balaban J connectivity index is 1.31. The molecule has 21 heteroatoms. The van der Waals surface area contributed by atoms with Gasteiger partial charge < -0.3 is 42.1 Å². The number of nitrogens with one attached hydrogen (secondary N) is 3. The molecule has 2 amide bonds. The van der Waals surface area contributed by atoms with Gasteiger partial charge in [-0.15, -0.1) is 15.6 Å². The van der Waals surface area contributed by atoms with E-state index in [1.165, 1.54) is 26.2 Å². The minimum atomic E-state index is -5.03. The molecular weight excluding hydrogens is 699 g/mol. The van der Waals surface area contributed by atoms with Crippen LogP contribution in [0.5, 0.6) is 5.75 Å². The number of carboxylic acid groups (broad SMARTS) is 1. The maximum atomic E-state index is 13.5. The standard InChI is InChI=1S/C29H37N9O10S2/c1-28(2)22(24(40)38(28)48-50(43,44)45)36-23(39)21(18-14-49-26(31)35-18)37-47-29(3,25(41)42)20-8-6-16-11-15(5-7-19(16)46-20)17-12-33-27(34-13-17)32-10-4-9-30/h5,7,11-12,14,20,22H,4,6,8-10,13,30H2,1-3H3,(H2,31,35)(H,36,39)(H,41,42)(H2,32,33,34)(H,43,44,45). The Bertz CT molecular complexity index is 1880. The van der Waals surface area contributed by atoms with Crippen molar-refractivity contribution in [3.05, 3.63) is 46.6 Å². The minimum absolute atomic E-state index is 0.0621. The molecule has 4 heterocycles. The number of β-lactam (4-membered cyclic amide) rings is 1. The lowest BCUT2D eigenvalue weighted by atomic mass is 9.84. The number of oxime groups is 1. The van der Waals surface area contributed by atoms with Gasteiger partial charge in [0.2, 0.25) is 0 Å². The number of aliphatic imine (C=N–C) groups is 1. The average Bonchev–Trinajstić information content (AvgIpc) is 3.50. The predicted molar refractivity (Wildman–Crippen MR) is 180 cm³/mol. The number of carbonyl (C=O) groups excluding carboxylic acids is 2. The molecule has 1 saturated heterocycles. The van der Waals surface area contributed by atoms with Crippen LogP contribution in [0, 0.1) is 0 Å². The van der Waals surface area contributed by atoms with E-state index in [0.717, 1.165) is 34.5 Å². The molecule has 0 saturated carbocycles. The minimum Gasteiger partial charge on any atom is -0.485 e. The van der Waals surface area contributed by atoms with Crippen molar-refractivity contribution < 1.29 is 46.3 Å². The van der Waals surface area contributed by atoms with E-state index in [1.54, 1.807) is 6.07 Å². The Morgan fingerprint density at radius 2 is 2.10 bits per heavy atom. The summed E-state index contributed by atoms with van der Waals surface area (Å²) in [6.07, 6.45) is 2.30. The van der Waals surface area contributed by atoms with Gasteiger partial charge in [0.05, 0.1) is 12.1 Å². The summed E-state index contributed by atoms with van der Waals surface area (Å²) in [6, 6.07) is 4.21. The largest absolute Gasteiger partial charge is 0.485 e. The molecule has 0 radical (unpaired) electrons. The van der Waals surface area contributed by atoms with Gasteiger partial charge in [0.1, 0.15) is 17.5 Å². The van der Waals surface area contributed by atoms with Gasteiger partial charge in [-0.1, -0.05) is 11.2 Å². The number of hydroxylamine groups is 2. The maximum Gasteiger partial charge on any atom is 0.418 e. The molecule has 3 aliphatic heterocycles. The van der Waals surface area contributed by atoms with Gasteiger partial charge in [-0.2, -0.15) is 13.5 Å². The molecule has 3 aliphatic rings. The highest BCUT2D eigenvalue weighted by atomic mass is 32.3. The zero-order valence-corrected chi connectivity index (χ0v) is 28.8. The Morgan fingerprint density at radius 3 is 2.70 bits per heavy atom. The van der Waals surface area contributed by atoms with E-state index in [-0.39, 0.29) is 17.2 Å². The lowest BCUT2D eigenvalue weighted by Gasteiger charge is -2.50. The van der Waals surface area contributed by atoms with Gasteiger partial charge >= 0.3 is 16.4 Å². The number of ether oxygens (including phenoxy) is 1. The summed E-state index contributed by atoms with van der Waals surface area (Å²) in [5.74, 6) is -2.31. The van der Waals surface area contributed by atoms with Crippen LogP contribution >= 0.6 is 11.3 Å². The summed E-state index contributed by atoms with van der Waals surface area (Å²) in [6.45, 7) is 5.74. The van der Waals surface area contributed by atoms with Crippen molar-refractivity contribution in [3.63, 3.8) is 0 Å². The number of hydrogen-bond donors (Lipinski definition) is 7. The van der Waals surface area contributed by atoms with Crippen molar-refractivity contribution in [2.45, 2.75) is 63.3 Å². The second kappa shape index (κ2) is 14.2. The van der Waals surface area contributed by atoms with Crippen LogP contribution in [0.3, 0.4) is 0 Å². The van der Waals surface area contributed by atoms with Crippen LogP contribution in [0.1, 0.15) is 50.4 Å². The summed E-state index contributed by atoms with van der Waals surface area (Å²) in [4.78, 5) is 52.9. The number of rotatable bonds is 13. The molecule has 50 heavy (non-hydrogen) atoms. The molecule has 3 unspecified atom stereocenters. The van der Waals surface area contributed by atoms with Crippen LogP contribution in [0.4, 0.5) is 5.13 Å². The third kappa shape index (κ3) is 7.65. The van der Waals surface area contributed by atoms with Crippen LogP contribution in [-0.4, -0.2) is 100 Å². The molecule has 3 atom stereocenters. The number of carboxylic acids is 1. The summed E-state index contributed by atoms with van der Waals surface area (Å²) in [5, 5.41) is 24.8. The van der Waals surface area contributed by atoms with Crippen LogP contribution in [0.25, 0.3) is 5.57 Å². The number of anilines is 1. The van der Waals surface area contributed by atoms with Crippen LogP contribution in [0.2, 0.25) is 0 Å². The third-order valence-electron chi connectivity index (χ3n) is 8.31. The maximum absolute atomic E-state index is 13.5. The Hall–Kier alpha value is -4.83. The molecular formula is C29H37N9O10S2. The number of aliphatic carboxylic acids is 1. The summed E-state index contributed by atoms with van der Waals surface area (Å²) >= 11 is 0.968. The van der Waals surface area contributed by atoms with Crippen molar-refractivity contribution >= 4 is 61.9 Å². The zero-order valence-electron chi connectivity index (χ0n) is 27.2. The van der Waals surface area contributed by atoms with Crippen molar-refractivity contribution in [3.8, 4) is 5.75 Å². The second-order valence-corrected chi connectivity index (χ2v) is 14.1. The molecule has 0 aliphatic carbocycles. The normalized spacial score (nSPS) is 21.3. The van der Waals surface area contributed by atoms with Crippen molar-refractivity contribution in [1.29, 1.82) is 0 Å². The number of fused-ring (bicyclic) bond motifs is 1. The predicted octanol–water partition coefficient (Wildman–Crippen LogP) is -0.238. The summed E-state index contributed by atoms with van der Waals surface area (Å²) < 4.78 is 41.8. The highest BCUT2D eigenvalue weighted by Gasteiger charge is 2.58. The number of nitrogens with zero attached hydrogens (tertiary/aromatic N) is 4. The van der Waals surface area contributed by atoms with Gasteiger partial charge in [-0.05, 0) is 75.4 Å². The molecule has 1 fully saturated rings. The fourth-order valence-corrected chi connectivity index (χ4v) is 6.38. The molecule has 1 aromatic heterocycles. The first-order valence-corrected chi connectivity index (χ1v) is 17.5. The lowest BCUT2D eigenvalue weighted by Crippen LogP contribution is -2.76. The van der Waals surface area contributed by atoms with E-state index in [2.05, 4.69) is 35.4 Å². The summed E-state index contributed by atoms with van der Waals surface area (Å²) in [5.41, 5.74) is 9.89. The topological polar surface area (TPSA) is 282 Å². The SMILES string of the molecule is CC(ON=C(C(=O)NC1C(=O)N(OS(=O)(=O)O)C1(C)C)c1csc(N)n1)(C(=O)O)C1CCc2cc(C3=CNC(NCCCN)=NC3)ccc2O1. The first-order chi connectivity index (χ1) is 23.5. The average molecular weight is 736 g/mol. The first-order valence-electron chi connectivity index (χ1n) is 15.3. The van der Waals surface area contributed by atoms with Crippen LogP contribution in [0.15, 0.2) is 39.9 Å². The monoisotopic (exact) mass is 735 g/mol. The van der Waals surface area contributed by atoms with E-state index in [4.69, 9.17) is 25.6 Å². The van der Waals surface area contributed by atoms with E-state index in [0.29, 0.717) is 42.8 Å². The summed E-state index contributed by atoms with van der Waals surface area (Å²) in [7, 11) is -5.03. The zero-order chi connectivity index (χ0) is 36.4. The fraction of sp³-hybridized carbons (Fsp3) is 0.448. The Kier molecular flexibility index (Phi) is 10.3. The molecule has 5 rings (SSSR count). The number of thiazole rings is 1. The van der Waals surface area contributed by atoms with Gasteiger partial charge in [0, 0.05) is 18.1 Å².